The van der Waals surface area contributed by atoms with Crippen molar-refractivity contribution in [2.24, 2.45) is 5.92 Å². The lowest BCUT2D eigenvalue weighted by atomic mass is 10.00. The molecule has 1 aliphatic rings. The minimum absolute atomic E-state index is 0.416. The Morgan fingerprint density at radius 2 is 2.00 bits per heavy atom. The highest BCUT2D eigenvalue weighted by molar-refractivity contribution is 4.88. The number of likely N-dealkylation sites (tertiary alicyclic amines) is 1. The van der Waals surface area contributed by atoms with Crippen LogP contribution in [0.4, 0.5) is 0 Å². The maximum absolute atomic E-state index is 8.99. The molecule has 0 bridgehead atoms. The summed E-state index contributed by atoms with van der Waals surface area (Å²) in [5, 5.41) is 8.99. The van der Waals surface area contributed by atoms with Gasteiger partial charge < -0.3 is 10.0 Å². The summed E-state index contributed by atoms with van der Waals surface area (Å²) in [5.41, 5.74) is 0. The van der Waals surface area contributed by atoms with Gasteiger partial charge in [0.1, 0.15) is 5.76 Å². The highest BCUT2D eigenvalue weighted by Gasteiger charge is 2.12. The molecule has 1 saturated heterocycles. The van der Waals surface area contributed by atoms with Crippen LogP contribution < -0.4 is 0 Å². The van der Waals surface area contributed by atoms with Gasteiger partial charge >= 0.3 is 0 Å². The molecule has 1 rings (SSSR count). The van der Waals surface area contributed by atoms with E-state index < -0.39 is 0 Å². The van der Waals surface area contributed by atoms with Crippen molar-refractivity contribution in [2.45, 2.75) is 26.7 Å². The maximum atomic E-state index is 8.99. The van der Waals surface area contributed by atoms with Gasteiger partial charge in [-0.05, 0) is 25.7 Å². The van der Waals surface area contributed by atoms with E-state index in [4.69, 9.17) is 5.11 Å². The van der Waals surface area contributed by atoms with Gasteiger partial charge in [0.15, 0.2) is 0 Å². The highest BCUT2D eigenvalue weighted by Crippen LogP contribution is 2.16. The predicted molar refractivity (Wildman–Crippen MR) is 46.4 cm³/mol. The third kappa shape index (κ3) is 2.83. The van der Waals surface area contributed by atoms with Crippen LogP contribution in [0.25, 0.3) is 0 Å². The van der Waals surface area contributed by atoms with Gasteiger partial charge in [-0.2, -0.15) is 0 Å². The van der Waals surface area contributed by atoms with Gasteiger partial charge in [-0.15, -0.1) is 0 Å². The Balaban J connectivity index is 2.34. The molecule has 1 aliphatic heterocycles. The van der Waals surface area contributed by atoms with E-state index in [2.05, 4.69) is 11.8 Å². The summed E-state index contributed by atoms with van der Waals surface area (Å²) >= 11 is 0. The third-order valence-electron chi connectivity index (χ3n) is 2.19. The van der Waals surface area contributed by atoms with E-state index in [1.165, 1.54) is 12.8 Å². The molecule has 0 aliphatic carbocycles. The zero-order valence-corrected chi connectivity index (χ0v) is 7.38. The molecule has 0 radical (unpaired) electrons. The van der Waals surface area contributed by atoms with Gasteiger partial charge in [-0.1, -0.05) is 6.92 Å². The number of piperidine rings is 1. The summed E-state index contributed by atoms with van der Waals surface area (Å²) < 4.78 is 0. The van der Waals surface area contributed by atoms with Crippen molar-refractivity contribution in [3.63, 3.8) is 0 Å². The summed E-state index contributed by atoms with van der Waals surface area (Å²) in [6.45, 7) is 6.20. The zero-order chi connectivity index (χ0) is 8.27. The van der Waals surface area contributed by atoms with Crippen LogP contribution >= 0.6 is 0 Å². The normalized spacial score (nSPS) is 22.4. The molecule has 1 N–H and O–H groups in total. The minimum Gasteiger partial charge on any atom is -0.511 e. The lowest BCUT2D eigenvalue weighted by Gasteiger charge is -2.29. The lowest BCUT2D eigenvalue weighted by molar-refractivity contribution is 0.245. The first-order valence-electron chi connectivity index (χ1n) is 4.30. The molecule has 0 atom stereocenters. The van der Waals surface area contributed by atoms with E-state index in [-0.39, 0.29) is 0 Å². The number of allylic oxidation sites excluding steroid dienone is 1. The molecule has 11 heavy (non-hydrogen) atoms. The summed E-state index contributed by atoms with van der Waals surface area (Å²) in [5.74, 6) is 1.28. The van der Waals surface area contributed by atoms with Crippen molar-refractivity contribution < 1.29 is 5.11 Å². The van der Waals surface area contributed by atoms with Crippen molar-refractivity contribution >= 4 is 0 Å². The van der Waals surface area contributed by atoms with E-state index in [1.54, 1.807) is 6.92 Å². The second-order valence-electron chi connectivity index (χ2n) is 3.49. The maximum Gasteiger partial charge on any atom is 0.105 e. The fraction of sp³-hybridized carbons (Fsp3) is 0.778. The Hall–Kier alpha value is -0.660. The Morgan fingerprint density at radius 1 is 1.45 bits per heavy atom. The quantitative estimate of drug-likeness (QED) is 0.586. The molecule has 2 nitrogen and oxygen atoms in total. The number of aliphatic hydroxyl groups is 1. The summed E-state index contributed by atoms with van der Waals surface area (Å²) in [4.78, 5) is 2.19. The standard InChI is InChI=1S/C9H17NO/c1-8-3-5-10(6-4-8)7-9(2)11/h7-8,11H,3-6H2,1-2H3/b9-7+. The van der Waals surface area contributed by atoms with Crippen molar-refractivity contribution in [3.8, 4) is 0 Å². The van der Waals surface area contributed by atoms with Crippen molar-refractivity contribution in [2.75, 3.05) is 13.1 Å². The molecule has 1 fully saturated rings. The third-order valence-corrected chi connectivity index (χ3v) is 2.19. The van der Waals surface area contributed by atoms with Gasteiger partial charge in [0.05, 0.1) is 0 Å². The van der Waals surface area contributed by atoms with Crippen LogP contribution in [0.2, 0.25) is 0 Å². The fourth-order valence-corrected chi connectivity index (χ4v) is 1.42. The summed E-state index contributed by atoms with van der Waals surface area (Å²) in [6.07, 6.45) is 4.35. The number of nitrogens with zero attached hydrogens (tertiary/aromatic N) is 1. The zero-order valence-electron chi connectivity index (χ0n) is 7.38. The first-order valence-corrected chi connectivity index (χ1v) is 4.30. The van der Waals surface area contributed by atoms with Crippen LogP contribution in [-0.4, -0.2) is 23.1 Å². The first kappa shape index (κ1) is 8.44. The van der Waals surface area contributed by atoms with Crippen molar-refractivity contribution in [1.82, 2.24) is 4.90 Å². The molecule has 0 aromatic heterocycles. The lowest BCUT2D eigenvalue weighted by Crippen LogP contribution is -2.28. The largest absolute Gasteiger partial charge is 0.511 e. The Labute approximate surface area is 68.5 Å². The Bertz CT molecular complexity index is 142. The van der Waals surface area contributed by atoms with Gasteiger partial charge in [0.25, 0.3) is 0 Å². The Morgan fingerprint density at radius 3 is 2.45 bits per heavy atom. The highest BCUT2D eigenvalue weighted by atomic mass is 16.3. The molecule has 0 saturated carbocycles. The predicted octanol–water partition coefficient (Wildman–Crippen LogP) is 2.14. The van der Waals surface area contributed by atoms with Gasteiger partial charge in [0.2, 0.25) is 0 Å². The second kappa shape index (κ2) is 3.65. The molecule has 0 unspecified atom stereocenters. The smallest absolute Gasteiger partial charge is 0.105 e. The van der Waals surface area contributed by atoms with E-state index in [1.807, 2.05) is 6.20 Å². The molecule has 1 heterocycles. The van der Waals surface area contributed by atoms with E-state index in [9.17, 15) is 0 Å². The topological polar surface area (TPSA) is 23.5 Å². The number of rotatable bonds is 1. The molecule has 0 spiro atoms. The van der Waals surface area contributed by atoms with Crippen LogP contribution in [0.5, 0.6) is 0 Å². The Kier molecular flexibility index (Phi) is 2.80. The van der Waals surface area contributed by atoms with Crippen LogP contribution in [0.15, 0.2) is 12.0 Å². The molecule has 0 aromatic rings. The first-order chi connectivity index (χ1) is 5.18. The molecule has 2 heteroatoms. The average molecular weight is 155 g/mol. The molecule has 64 valence electrons. The number of aliphatic hydroxyl groups excluding tert-OH is 1. The molecule has 0 amide bonds. The van der Waals surface area contributed by atoms with Crippen molar-refractivity contribution in [1.29, 1.82) is 0 Å². The second-order valence-corrected chi connectivity index (χ2v) is 3.49. The minimum atomic E-state index is 0.416. The van der Waals surface area contributed by atoms with Gasteiger partial charge in [-0.3, -0.25) is 0 Å². The fourth-order valence-electron chi connectivity index (χ4n) is 1.42. The molecule has 0 aromatic carbocycles. The van der Waals surface area contributed by atoms with E-state index >= 15 is 0 Å². The van der Waals surface area contributed by atoms with Crippen LogP contribution in [0, 0.1) is 5.92 Å². The molecular formula is C9H17NO. The number of hydrogen-bond acceptors (Lipinski definition) is 2. The SMILES string of the molecule is C/C(O)=C\N1CCC(C)CC1. The van der Waals surface area contributed by atoms with Crippen molar-refractivity contribution in [3.05, 3.63) is 12.0 Å². The monoisotopic (exact) mass is 155 g/mol. The van der Waals surface area contributed by atoms with E-state index in [0.29, 0.717) is 5.76 Å². The molecular weight excluding hydrogens is 138 g/mol. The average Bonchev–Trinajstić information content (AvgIpc) is 1.93. The van der Waals surface area contributed by atoms with Crippen LogP contribution in [0.3, 0.4) is 0 Å². The summed E-state index contributed by atoms with van der Waals surface area (Å²) in [6, 6.07) is 0. The summed E-state index contributed by atoms with van der Waals surface area (Å²) in [7, 11) is 0. The van der Waals surface area contributed by atoms with Gasteiger partial charge in [0, 0.05) is 19.3 Å². The van der Waals surface area contributed by atoms with Crippen LogP contribution in [0.1, 0.15) is 26.7 Å². The van der Waals surface area contributed by atoms with E-state index in [0.717, 1.165) is 19.0 Å². The van der Waals surface area contributed by atoms with Gasteiger partial charge in [-0.25, -0.2) is 0 Å². The number of hydrogen-bond donors (Lipinski definition) is 1. The van der Waals surface area contributed by atoms with Crippen LogP contribution in [-0.2, 0) is 0 Å².